The second-order valence-corrected chi connectivity index (χ2v) is 5.36. The lowest BCUT2D eigenvalue weighted by molar-refractivity contribution is -0.147. The molecule has 0 unspecified atom stereocenters. The van der Waals surface area contributed by atoms with Crippen LogP contribution in [0.25, 0.3) is 0 Å². The molecular formula is C14H15F4NO3. The minimum absolute atomic E-state index is 0.0503. The van der Waals surface area contributed by atoms with Gasteiger partial charge in [-0.3, -0.25) is 9.59 Å². The summed E-state index contributed by atoms with van der Waals surface area (Å²) in [7, 11) is 0. The lowest BCUT2D eigenvalue weighted by atomic mass is 9.89. The predicted molar refractivity (Wildman–Crippen MR) is 69.8 cm³/mol. The SMILES string of the molecule is CC(C)(CCNC(=O)c1cccc(C(F)(F)F)c1F)C(=O)O. The fourth-order valence-electron chi connectivity index (χ4n) is 1.62. The predicted octanol–water partition coefficient (Wildman–Crippen LogP) is 3.08. The molecular weight excluding hydrogens is 306 g/mol. The van der Waals surface area contributed by atoms with Gasteiger partial charge >= 0.3 is 12.1 Å². The molecule has 2 N–H and O–H groups in total. The van der Waals surface area contributed by atoms with E-state index in [1.807, 2.05) is 0 Å². The number of alkyl halides is 3. The van der Waals surface area contributed by atoms with Crippen LogP contribution in [0, 0.1) is 11.2 Å². The summed E-state index contributed by atoms with van der Waals surface area (Å²) in [4.78, 5) is 22.6. The average Bonchev–Trinajstić information content (AvgIpc) is 2.36. The Morgan fingerprint density at radius 3 is 2.32 bits per heavy atom. The Morgan fingerprint density at radius 1 is 1.23 bits per heavy atom. The number of aliphatic carboxylic acids is 1. The van der Waals surface area contributed by atoms with Crippen molar-refractivity contribution in [2.45, 2.75) is 26.4 Å². The molecule has 0 atom stereocenters. The third kappa shape index (κ3) is 4.19. The van der Waals surface area contributed by atoms with Crippen LogP contribution in [0.3, 0.4) is 0 Å². The molecule has 0 heterocycles. The minimum Gasteiger partial charge on any atom is -0.481 e. The molecule has 0 aromatic heterocycles. The summed E-state index contributed by atoms with van der Waals surface area (Å²) in [5, 5.41) is 11.1. The molecule has 0 aliphatic heterocycles. The number of nitrogens with one attached hydrogen (secondary N) is 1. The number of hydrogen-bond acceptors (Lipinski definition) is 2. The van der Waals surface area contributed by atoms with E-state index in [2.05, 4.69) is 5.32 Å². The van der Waals surface area contributed by atoms with Gasteiger partial charge in [-0.1, -0.05) is 6.07 Å². The monoisotopic (exact) mass is 321 g/mol. The number of carboxylic acids is 1. The van der Waals surface area contributed by atoms with Gasteiger partial charge in [-0.05, 0) is 32.4 Å². The first-order chi connectivity index (χ1) is 9.97. The van der Waals surface area contributed by atoms with Crippen LogP contribution in [0.1, 0.15) is 36.2 Å². The van der Waals surface area contributed by atoms with Crippen LogP contribution in [-0.4, -0.2) is 23.5 Å². The summed E-state index contributed by atoms with van der Waals surface area (Å²) in [5.41, 5.74) is -3.37. The fourth-order valence-corrected chi connectivity index (χ4v) is 1.62. The number of rotatable bonds is 5. The summed E-state index contributed by atoms with van der Waals surface area (Å²) in [6.45, 7) is 2.77. The topological polar surface area (TPSA) is 66.4 Å². The fraction of sp³-hybridized carbons (Fsp3) is 0.429. The number of hydrogen-bond donors (Lipinski definition) is 2. The van der Waals surface area contributed by atoms with Crippen molar-refractivity contribution in [2.24, 2.45) is 5.41 Å². The molecule has 0 fully saturated rings. The molecule has 8 heteroatoms. The van der Waals surface area contributed by atoms with E-state index >= 15 is 0 Å². The third-order valence-corrected chi connectivity index (χ3v) is 3.16. The van der Waals surface area contributed by atoms with Crippen molar-refractivity contribution in [3.8, 4) is 0 Å². The first-order valence-corrected chi connectivity index (χ1v) is 6.34. The average molecular weight is 321 g/mol. The Balaban J connectivity index is 2.82. The second kappa shape index (κ2) is 6.33. The van der Waals surface area contributed by atoms with Gasteiger partial charge < -0.3 is 10.4 Å². The van der Waals surface area contributed by atoms with Crippen LogP contribution in [0.2, 0.25) is 0 Å². The highest BCUT2D eigenvalue weighted by atomic mass is 19.4. The first-order valence-electron chi connectivity index (χ1n) is 6.34. The highest BCUT2D eigenvalue weighted by Gasteiger charge is 2.35. The summed E-state index contributed by atoms with van der Waals surface area (Å²) < 4.78 is 51.4. The van der Waals surface area contributed by atoms with Crippen LogP contribution < -0.4 is 5.32 Å². The molecule has 0 saturated heterocycles. The molecule has 0 aliphatic carbocycles. The molecule has 0 saturated carbocycles. The number of amides is 1. The molecule has 0 aliphatic rings. The van der Waals surface area contributed by atoms with Crippen molar-refractivity contribution in [3.05, 3.63) is 35.1 Å². The Hall–Kier alpha value is -2.12. The third-order valence-electron chi connectivity index (χ3n) is 3.16. The maximum absolute atomic E-state index is 13.7. The van der Waals surface area contributed by atoms with Crippen LogP contribution >= 0.6 is 0 Å². The van der Waals surface area contributed by atoms with Gasteiger partial charge in [0.15, 0.2) is 0 Å². The second-order valence-electron chi connectivity index (χ2n) is 5.36. The van der Waals surface area contributed by atoms with Gasteiger partial charge in [-0.15, -0.1) is 0 Å². The van der Waals surface area contributed by atoms with Gasteiger partial charge in [0.1, 0.15) is 5.82 Å². The van der Waals surface area contributed by atoms with E-state index in [-0.39, 0.29) is 13.0 Å². The van der Waals surface area contributed by atoms with E-state index in [0.717, 1.165) is 12.1 Å². The molecule has 22 heavy (non-hydrogen) atoms. The molecule has 0 spiro atoms. The van der Waals surface area contributed by atoms with Crippen LogP contribution in [0.4, 0.5) is 17.6 Å². The summed E-state index contributed by atoms with van der Waals surface area (Å²) in [5.74, 6) is -3.75. The van der Waals surface area contributed by atoms with Crippen LogP contribution in [-0.2, 0) is 11.0 Å². The van der Waals surface area contributed by atoms with Crippen molar-refractivity contribution in [2.75, 3.05) is 6.54 Å². The van der Waals surface area contributed by atoms with Crippen molar-refractivity contribution in [3.63, 3.8) is 0 Å². The maximum Gasteiger partial charge on any atom is 0.419 e. The first kappa shape index (κ1) is 17.9. The van der Waals surface area contributed by atoms with Crippen molar-refractivity contribution in [1.82, 2.24) is 5.32 Å². The van der Waals surface area contributed by atoms with Crippen molar-refractivity contribution in [1.29, 1.82) is 0 Å². The van der Waals surface area contributed by atoms with E-state index in [0.29, 0.717) is 6.07 Å². The number of carbonyl (C=O) groups is 2. The number of carboxylic acid groups (broad SMARTS) is 1. The Kier molecular flexibility index (Phi) is 5.16. The molecule has 0 radical (unpaired) electrons. The molecule has 4 nitrogen and oxygen atoms in total. The quantitative estimate of drug-likeness (QED) is 0.819. The van der Waals surface area contributed by atoms with Crippen LogP contribution in [0.15, 0.2) is 18.2 Å². The zero-order chi connectivity index (χ0) is 17.1. The lowest BCUT2D eigenvalue weighted by Crippen LogP contribution is -2.32. The smallest absolute Gasteiger partial charge is 0.419 e. The highest BCUT2D eigenvalue weighted by molar-refractivity contribution is 5.94. The summed E-state index contributed by atoms with van der Waals surface area (Å²) in [6.07, 6.45) is -4.85. The van der Waals surface area contributed by atoms with Gasteiger partial charge in [0.2, 0.25) is 0 Å². The Labute approximate surface area is 124 Å². The minimum atomic E-state index is -4.90. The van der Waals surface area contributed by atoms with E-state index in [1.165, 1.54) is 13.8 Å². The van der Waals surface area contributed by atoms with Gasteiger partial charge in [0.25, 0.3) is 5.91 Å². The van der Waals surface area contributed by atoms with E-state index in [9.17, 15) is 27.2 Å². The molecule has 1 amide bonds. The number of halogens is 4. The van der Waals surface area contributed by atoms with E-state index in [1.54, 1.807) is 0 Å². The maximum atomic E-state index is 13.7. The largest absolute Gasteiger partial charge is 0.481 e. The standard InChI is InChI=1S/C14H15F4NO3/c1-13(2,12(21)22)6-7-19-11(20)8-4-3-5-9(10(8)15)14(16,17)18/h3-5H,6-7H2,1-2H3,(H,19,20)(H,21,22). The van der Waals surface area contributed by atoms with Gasteiger partial charge in [-0.25, -0.2) is 4.39 Å². The molecule has 1 aromatic rings. The van der Waals surface area contributed by atoms with Crippen molar-refractivity contribution < 1.29 is 32.3 Å². The van der Waals surface area contributed by atoms with Crippen LogP contribution in [0.5, 0.6) is 0 Å². The Morgan fingerprint density at radius 2 is 1.82 bits per heavy atom. The summed E-state index contributed by atoms with van der Waals surface area (Å²) in [6, 6.07) is 2.41. The highest BCUT2D eigenvalue weighted by Crippen LogP contribution is 2.32. The zero-order valence-electron chi connectivity index (χ0n) is 11.9. The Bertz CT molecular complexity index is 582. The van der Waals surface area contributed by atoms with E-state index in [4.69, 9.17) is 5.11 Å². The lowest BCUT2D eigenvalue weighted by Gasteiger charge is -2.19. The number of carbonyl (C=O) groups excluding carboxylic acids is 1. The van der Waals surface area contributed by atoms with Crippen molar-refractivity contribution >= 4 is 11.9 Å². The van der Waals surface area contributed by atoms with E-state index < -0.39 is 40.4 Å². The zero-order valence-corrected chi connectivity index (χ0v) is 11.9. The van der Waals surface area contributed by atoms with Gasteiger partial charge in [0, 0.05) is 6.54 Å². The molecule has 122 valence electrons. The number of benzene rings is 1. The summed E-state index contributed by atoms with van der Waals surface area (Å²) >= 11 is 0. The van der Waals surface area contributed by atoms with Gasteiger partial charge in [0.05, 0.1) is 16.5 Å². The molecule has 1 rings (SSSR count). The molecule has 1 aromatic carbocycles. The normalized spacial score (nSPS) is 12.1. The molecule has 0 bridgehead atoms. The van der Waals surface area contributed by atoms with Gasteiger partial charge in [-0.2, -0.15) is 13.2 Å².